The highest BCUT2D eigenvalue weighted by Gasteiger charge is 2.32. The van der Waals surface area contributed by atoms with Gasteiger partial charge in [-0.25, -0.2) is 4.99 Å². The van der Waals surface area contributed by atoms with E-state index in [1.54, 1.807) is 32.1 Å². The average Bonchev–Trinajstić information content (AvgIpc) is 2.75. The second kappa shape index (κ2) is 5.64. The van der Waals surface area contributed by atoms with Crippen molar-refractivity contribution in [2.45, 2.75) is 19.5 Å². The van der Waals surface area contributed by atoms with Crippen molar-refractivity contribution >= 4 is 17.3 Å². The summed E-state index contributed by atoms with van der Waals surface area (Å²) in [6, 6.07) is 0. The number of fused-ring (bicyclic) bond motifs is 1. The molecular formula is C14H18N6O2. The van der Waals surface area contributed by atoms with Crippen LogP contribution in [0.4, 0.5) is 0 Å². The molecule has 0 aliphatic carbocycles. The molecule has 0 saturated carbocycles. The van der Waals surface area contributed by atoms with Crippen molar-refractivity contribution in [3.05, 3.63) is 45.9 Å². The molecule has 2 aliphatic heterocycles. The van der Waals surface area contributed by atoms with E-state index in [1.165, 1.54) is 0 Å². The topological polar surface area (TPSA) is 109 Å². The quantitative estimate of drug-likeness (QED) is 0.622. The Morgan fingerprint density at radius 2 is 1.95 bits per heavy atom. The molecule has 0 atom stereocenters. The van der Waals surface area contributed by atoms with Crippen LogP contribution >= 0.6 is 0 Å². The summed E-state index contributed by atoms with van der Waals surface area (Å²) in [4.78, 5) is 25.1. The highest BCUT2D eigenvalue weighted by molar-refractivity contribution is 6.44. The standard InChI is InChI=1S/C14H18N6O2/c1-14(2,15)18-12-8-11-10(17-13(12)20(21)22)7-9(16-11)5-6-19(3)4/h5-8H,15H2,1-4H3/b6-5+,18-12-. The second-order valence-corrected chi connectivity index (χ2v) is 5.72. The van der Waals surface area contributed by atoms with Crippen molar-refractivity contribution in [3.63, 3.8) is 0 Å². The lowest BCUT2D eigenvalue weighted by Gasteiger charge is -2.14. The van der Waals surface area contributed by atoms with Gasteiger partial charge < -0.3 is 20.7 Å². The number of amidine groups is 1. The fourth-order valence-electron chi connectivity index (χ4n) is 1.84. The number of hydrogen-bond acceptors (Lipinski definition) is 7. The van der Waals surface area contributed by atoms with Gasteiger partial charge >= 0.3 is 5.84 Å². The van der Waals surface area contributed by atoms with Gasteiger partial charge in [0.2, 0.25) is 5.70 Å². The van der Waals surface area contributed by atoms with E-state index in [-0.39, 0.29) is 11.5 Å². The molecule has 116 valence electrons. The Labute approximate surface area is 128 Å². The summed E-state index contributed by atoms with van der Waals surface area (Å²) in [5, 5.41) is 11.2. The molecule has 2 N–H and O–H groups in total. The molecule has 0 aromatic rings. The predicted octanol–water partition coefficient (Wildman–Crippen LogP) is 1.11. The molecule has 0 aromatic heterocycles. The molecule has 8 nitrogen and oxygen atoms in total. The van der Waals surface area contributed by atoms with E-state index in [0.717, 1.165) is 0 Å². The summed E-state index contributed by atoms with van der Waals surface area (Å²) >= 11 is 0. The van der Waals surface area contributed by atoms with Crippen LogP contribution in [0.15, 0.2) is 50.8 Å². The molecule has 2 heterocycles. The Balaban J connectivity index is 2.43. The molecule has 0 unspecified atom stereocenters. The number of rotatable bonds is 3. The van der Waals surface area contributed by atoms with Gasteiger partial charge in [0.25, 0.3) is 0 Å². The third-order valence-electron chi connectivity index (χ3n) is 2.65. The predicted molar refractivity (Wildman–Crippen MR) is 86.6 cm³/mol. The van der Waals surface area contributed by atoms with Gasteiger partial charge in [-0.15, -0.1) is 0 Å². The SMILES string of the molecule is CN(C)/C=C/C1=NC2=C/C(=N/C(C)(C)N)C([N+](=O)[O-])=NC2=C1. The molecule has 8 heteroatoms. The molecule has 22 heavy (non-hydrogen) atoms. The number of dihydropyridines is 1. The molecule has 0 fully saturated rings. The maximum Gasteiger partial charge on any atom is 0.389 e. The lowest BCUT2D eigenvalue weighted by molar-refractivity contribution is -0.346. The zero-order valence-electron chi connectivity index (χ0n) is 12.9. The average molecular weight is 302 g/mol. The monoisotopic (exact) mass is 302 g/mol. The Kier molecular flexibility index (Phi) is 4.05. The van der Waals surface area contributed by atoms with Crippen molar-refractivity contribution < 1.29 is 4.92 Å². The summed E-state index contributed by atoms with van der Waals surface area (Å²) in [6.45, 7) is 3.31. The summed E-state index contributed by atoms with van der Waals surface area (Å²) in [5.74, 6) is -0.318. The van der Waals surface area contributed by atoms with Gasteiger partial charge in [-0.2, -0.15) is 0 Å². The molecule has 0 bridgehead atoms. The first-order chi connectivity index (χ1) is 10.2. The van der Waals surface area contributed by atoms with Crippen molar-refractivity contribution in [2.75, 3.05) is 14.1 Å². The fourth-order valence-corrected chi connectivity index (χ4v) is 1.84. The summed E-state index contributed by atoms with van der Waals surface area (Å²) < 4.78 is 0. The van der Waals surface area contributed by atoms with Gasteiger partial charge in [0.05, 0.1) is 5.71 Å². The van der Waals surface area contributed by atoms with E-state index in [2.05, 4.69) is 15.0 Å². The van der Waals surface area contributed by atoms with Crippen LogP contribution in [0.25, 0.3) is 0 Å². The number of nitrogens with two attached hydrogens (primary N) is 1. The lowest BCUT2D eigenvalue weighted by atomic mass is 10.1. The zero-order valence-corrected chi connectivity index (χ0v) is 12.9. The van der Waals surface area contributed by atoms with E-state index >= 15 is 0 Å². The van der Waals surface area contributed by atoms with Crippen LogP contribution in [0.2, 0.25) is 0 Å². The van der Waals surface area contributed by atoms with Crippen LogP contribution in [0.5, 0.6) is 0 Å². The minimum absolute atomic E-state index is 0.131. The third-order valence-corrected chi connectivity index (χ3v) is 2.65. The first kappa shape index (κ1) is 15.8. The van der Waals surface area contributed by atoms with Crippen molar-refractivity contribution in [2.24, 2.45) is 20.7 Å². The van der Waals surface area contributed by atoms with E-state index in [1.807, 2.05) is 25.2 Å². The van der Waals surface area contributed by atoms with Crippen molar-refractivity contribution in [1.82, 2.24) is 4.90 Å². The molecular weight excluding hydrogens is 284 g/mol. The minimum atomic E-state index is -0.930. The first-order valence-corrected chi connectivity index (χ1v) is 6.65. The number of aliphatic imine (C=N–C) groups is 3. The largest absolute Gasteiger partial charge is 0.389 e. The maximum absolute atomic E-state index is 11.2. The van der Waals surface area contributed by atoms with Crippen LogP contribution in [0.3, 0.4) is 0 Å². The molecule has 0 radical (unpaired) electrons. The molecule has 2 aliphatic rings. The Bertz CT molecular complexity index is 687. The van der Waals surface area contributed by atoms with Gasteiger partial charge in [0.15, 0.2) is 5.71 Å². The summed E-state index contributed by atoms with van der Waals surface area (Å²) in [5.41, 5.74) is 6.69. The number of hydrogen-bond donors (Lipinski definition) is 1. The normalized spacial score (nSPS) is 19.6. The number of nitrogens with zero attached hydrogens (tertiary/aromatic N) is 5. The van der Waals surface area contributed by atoms with Crippen LogP contribution in [-0.2, 0) is 0 Å². The Morgan fingerprint density at radius 3 is 2.50 bits per heavy atom. The van der Waals surface area contributed by atoms with E-state index < -0.39 is 10.6 Å². The molecule has 0 saturated heterocycles. The van der Waals surface area contributed by atoms with Gasteiger partial charge in [0.1, 0.15) is 11.4 Å². The Morgan fingerprint density at radius 1 is 1.32 bits per heavy atom. The number of nitro groups is 1. The molecule has 0 spiro atoms. The first-order valence-electron chi connectivity index (χ1n) is 6.65. The van der Waals surface area contributed by atoms with Gasteiger partial charge in [0, 0.05) is 32.4 Å². The van der Waals surface area contributed by atoms with E-state index in [9.17, 15) is 10.1 Å². The highest BCUT2D eigenvalue weighted by Crippen LogP contribution is 2.25. The third kappa shape index (κ3) is 3.73. The highest BCUT2D eigenvalue weighted by atomic mass is 16.6. The van der Waals surface area contributed by atoms with Gasteiger partial charge in [-0.3, -0.25) is 4.99 Å². The minimum Gasteiger partial charge on any atom is -0.383 e. The van der Waals surface area contributed by atoms with Gasteiger partial charge in [-0.1, -0.05) is 0 Å². The Hall–Kier alpha value is -2.61. The summed E-state index contributed by atoms with van der Waals surface area (Å²) in [7, 11) is 3.78. The summed E-state index contributed by atoms with van der Waals surface area (Å²) in [6.07, 6.45) is 6.88. The van der Waals surface area contributed by atoms with Crippen LogP contribution < -0.4 is 5.73 Å². The van der Waals surface area contributed by atoms with Crippen LogP contribution in [0, 0.1) is 10.1 Å². The number of allylic oxidation sites excluding steroid dienone is 2. The molecule has 2 rings (SSSR count). The smallest absolute Gasteiger partial charge is 0.383 e. The maximum atomic E-state index is 11.2. The van der Waals surface area contributed by atoms with E-state index in [0.29, 0.717) is 17.1 Å². The second-order valence-electron chi connectivity index (χ2n) is 5.72. The van der Waals surface area contributed by atoms with Gasteiger partial charge in [-0.05, 0) is 29.8 Å². The van der Waals surface area contributed by atoms with Crippen molar-refractivity contribution in [1.29, 1.82) is 0 Å². The zero-order chi connectivity index (χ0) is 16.5. The van der Waals surface area contributed by atoms with E-state index in [4.69, 9.17) is 5.73 Å². The van der Waals surface area contributed by atoms with Crippen LogP contribution in [-0.4, -0.2) is 46.8 Å². The lowest BCUT2D eigenvalue weighted by Crippen LogP contribution is -2.34. The molecule has 0 amide bonds. The molecule has 0 aromatic carbocycles. The fraction of sp³-hybridized carbons (Fsp3) is 0.357. The van der Waals surface area contributed by atoms with Crippen molar-refractivity contribution in [3.8, 4) is 0 Å². The van der Waals surface area contributed by atoms with Crippen LogP contribution in [0.1, 0.15) is 13.8 Å².